The molecule has 8 rings (SSSR count). The number of fused-ring (bicyclic) bond motifs is 3. The highest BCUT2D eigenvalue weighted by molar-refractivity contribution is 6.10. The van der Waals surface area contributed by atoms with Crippen molar-refractivity contribution < 1.29 is 0 Å². The molecule has 0 atom stereocenters. The number of benzene rings is 5. The number of rotatable bonds is 5. The highest BCUT2D eigenvalue weighted by Crippen LogP contribution is 2.36. The third-order valence-corrected chi connectivity index (χ3v) is 7.97. The van der Waals surface area contributed by atoms with Gasteiger partial charge >= 0.3 is 0 Å². The van der Waals surface area contributed by atoms with Gasteiger partial charge < -0.3 is 4.57 Å². The van der Waals surface area contributed by atoms with Gasteiger partial charge in [0.2, 0.25) is 0 Å². The van der Waals surface area contributed by atoms with Gasteiger partial charge in [0.15, 0.2) is 17.5 Å². The van der Waals surface area contributed by atoms with Gasteiger partial charge in [-0.25, -0.2) is 15.0 Å². The molecule has 6 heteroatoms. The van der Waals surface area contributed by atoms with Crippen molar-refractivity contribution in [1.29, 1.82) is 5.26 Å². The second-order valence-electron chi connectivity index (χ2n) is 10.7. The second kappa shape index (κ2) is 11.0. The maximum Gasteiger partial charge on any atom is 0.164 e. The Balaban J connectivity index is 1.22. The van der Waals surface area contributed by atoms with Crippen molar-refractivity contribution in [2.24, 2.45) is 0 Å². The van der Waals surface area contributed by atoms with Crippen molar-refractivity contribution >= 4 is 21.8 Å². The molecule has 0 N–H and O–H groups in total. The van der Waals surface area contributed by atoms with Crippen LogP contribution in [0, 0.1) is 11.3 Å². The molecule has 0 spiro atoms. The Morgan fingerprint density at radius 2 is 1.02 bits per heavy atom. The summed E-state index contributed by atoms with van der Waals surface area (Å²) < 4.78 is 2.20. The maximum atomic E-state index is 9.63. The summed E-state index contributed by atoms with van der Waals surface area (Å²) in [5, 5.41) is 11.7. The van der Waals surface area contributed by atoms with Crippen molar-refractivity contribution in [3.05, 3.63) is 151 Å². The third kappa shape index (κ3) is 4.79. The molecule has 45 heavy (non-hydrogen) atoms. The molecule has 0 aliphatic heterocycles. The first kappa shape index (κ1) is 26.2. The fourth-order valence-corrected chi connectivity index (χ4v) is 5.79. The summed E-state index contributed by atoms with van der Waals surface area (Å²) in [4.78, 5) is 18.9. The quantitative estimate of drug-likeness (QED) is 0.204. The molecular weight excluding hydrogens is 552 g/mol. The van der Waals surface area contributed by atoms with Crippen molar-refractivity contribution in [3.63, 3.8) is 0 Å². The SMILES string of the molecule is N#Cc1ccc2c(c1)c1cc(-c3ccc(-c4nc(-c5ccccc5)nc(-c5ccccc5)n4)cc3)ccc1n2-c1cccnc1. The van der Waals surface area contributed by atoms with Crippen molar-refractivity contribution in [2.75, 3.05) is 0 Å². The Hall–Kier alpha value is -6.45. The highest BCUT2D eigenvalue weighted by atomic mass is 15.0. The molecule has 0 aliphatic rings. The summed E-state index contributed by atoms with van der Waals surface area (Å²) in [6.45, 7) is 0. The minimum absolute atomic E-state index is 0.619. The van der Waals surface area contributed by atoms with Crippen LogP contribution in [0.4, 0.5) is 0 Å². The van der Waals surface area contributed by atoms with Gasteiger partial charge in [-0.3, -0.25) is 4.98 Å². The molecule has 3 aromatic heterocycles. The van der Waals surface area contributed by atoms with E-state index in [-0.39, 0.29) is 0 Å². The summed E-state index contributed by atoms with van der Waals surface area (Å²) in [5.41, 5.74) is 8.62. The molecule has 3 heterocycles. The van der Waals surface area contributed by atoms with E-state index < -0.39 is 0 Å². The minimum atomic E-state index is 0.619. The molecule has 0 unspecified atom stereocenters. The largest absolute Gasteiger partial charge is 0.308 e. The molecule has 0 bridgehead atoms. The monoisotopic (exact) mass is 576 g/mol. The zero-order valence-corrected chi connectivity index (χ0v) is 24.0. The Kier molecular flexibility index (Phi) is 6.40. The lowest BCUT2D eigenvalue weighted by molar-refractivity contribution is 1.07. The smallest absolute Gasteiger partial charge is 0.164 e. The van der Waals surface area contributed by atoms with Gasteiger partial charge in [-0.05, 0) is 53.6 Å². The van der Waals surface area contributed by atoms with E-state index >= 15 is 0 Å². The fraction of sp³-hybridized carbons (Fsp3) is 0. The lowest BCUT2D eigenvalue weighted by atomic mass is 10.0. The number of aromatic nitrogens is 5. The van der Waals surface area contributed by atoms with Gasteiger partial charge in [0.1, 0.15) is 0 Å². The van der Waals surface area contributed by atoms with Crippen molar-refractivity contribution in [2.45, 2.75) is 0 Å². The number of nitriles is 1. The van der Waals surface area contributed by atoms with E-state index in [9.17, 15) is 5.26 Å². The highest BCUT2D eigenvalue weighted by Gasteiger charge is 2.15. The third-order valence-electron chi connectivity index (χ3n) is 7.97. The Labute approximate surface area is 259 Å². The van der Waals surface area contributed by atoms with Gasteiger partial charge in [-0.1, -0.05) is 91.0 Å². The average Bonchev–Trinajstić information content (AvgIpc) is 3.45. The number of hydrogen-bond acceptors (Lipinski definition) is 5. The first-order valence-corrected chi connectivity index (χ1v) is 14.6. The molecule has 5 aromatic carbocycles. The lowest BCUT2D eigenvalue weighted by Gasteiger charge is -2.09. The van der Waals surface area contributed by atoms with Crippen LogP contribution in [0.15, 0.2) is 146 Å². The predicted molar refractivity (Wildman–Crippen MR) is 178 cm³/mol. The van der Waals surface area contributed by atoms with Crippen LogP contribution in [0.25, 0.3) is 72.8 Å². The Morgan fingerprint density at radius 3 is 1.60 bits per heavy atom. The molecule has 0 amide bonds. The number of hydrogen-bond donors (Lipinski definition) is 0. The van der Waals surface area contributed by atoms with E-state index in [1.54, 1.807) is 6.20 Å². The van der Waals surface area contributed by atoms with Crippen LogP contribution in [0.5, 0.6) is 0 Å². The van der Waals surface area contributed by atoms with Gasteiger partial charge in [0.05, 0.1) is 34.6 Å². The van der Waals surface area contributed by atoms with Gasteiger partial charge in [-0.15, -0.1) is 0 Å². The number of pyridine rings is 1. The minimum Gasteiger partial charge on any atom is -0.308 e. The Morgan fingerprint density at radius 1 is 0.489 bits per heavy atom. The molecule has 0 saturated carbocycles. The normalized spacial score (nSPS) is 11.1. The molecule has 0 saturated heterocycles. The van der Waals surface area contributed by atoms with Gasteiger partial charge in [0, 0.05) is 33.7 Å². The predicted octanol–water partition coefficient (Wildman–Crippen LogP) is 8.90. The fourth-order valence-electron chi connectivity index (χ4n) is 5.79. The molecule has 0 fully saturated rings. The van der Waals surface area contributed by atoms with E-state index in [4.69, 9.17) is 15.0 Å². The number of nitrogens with zero attached hydrogens (tertiary/aromatic N) is 6. The summed E-state index contributed by atoms with van der Waals surface area (Å²) in [6.07, 6.45) is 3.63. The van der Waals surface area contributed by atoms with E-state index in [2.05, 4.69) is 58.1 Å². The maximum absolute atomic E-state index is 9.63. The zero-order chi connectivity index (χ0) is 30.2. The van der Waals surface area contributed by atoms with E-state index in [0.717, 1.165) is 55.3 Å². The van der Waals surface area contributed by atoms with Crippen LogP contribution in [0.1, 0.15) is 5.56 Å². The molecule has 0 aliphatic carbocycles. The first-order valence-electron chi connectivity index (χ1n) is 14.6. The first-order chi connectivity index (χ1) is 22.2. The molecule has 210 valence electrons. The summed E-state index contributed by atoms with van der Waals surface area (Å²) >= 11 is 0. The van der Waals surface area contributed by atoms with E-state index in [1.165, 1.54) is 0 Å². The van der Waals surface area contributed by atoms with E-state index in [0.29, 0.717) is 23.0 Å². The van der Waals surface area contributed by atoms with Gasteiger partial charge in [0.25, 0.3) is 0 Å². The van der Waals surface area contributed by atoms with Crippen LogP contribution in [-0.4, -0.2) is 24.5 Å². The standard InChI is InChI=1S/C39H24N6/c40-24-26-13-19-35-33(22-26)34-23-31(18-20-36(34)45(35)32-12-7-21-41-25-32)27-14-16-30(17-15-27)39-43-37(28-8-3-1-4-9-28)42-38(44-39)29-10-5-2-6-11-29/h1-23,25H. The topological polar surface area (TPSA) is 80.3 Å². The zero-order valence-electron chi connectivity index (χ0n) is 24.0. The van der Waals surface area contributed by atoms with Crippen LogP contribution in [0.3, 0.4) is 0 Å². The van der Waals surface area contributed by atoms with E-state index in [1.807, 2.05) is 97.2 Å². The van der Waals surface area contributed by atoms with Gasteiger partial charge in [-0.2, -0.15) is 5.26 Å². The van der Waals surface area contributed by atoms with Crippen LogP contribution >= 0.6 is 0 Å². The summed E-state index contributed by atoms with van der Waals surface area (Å²) in [6, 6.07) is 46.9. The molecule has 0 radical (unpaired) electrons. The molecule has 6 nitrogen and oxygen atoms in total. The molecule has 8 aromatic rings. The van der Waals surface area contributed by atoms with Crippen LogP contribution in [-0.2, 0) is 0 Å². The summed E-state index contributed by atoms with van der Waals surface area (Å²) in [7, 11) is 0. The second-order valence-corrected chi connectivity index (χ2v) is 10.7. The summed E-state index contributed by atoms with van der Waals surface area (Å²) in [5.74, 6) is 1.89. The average molecular weight is 577 g/mol. The molecular formula is C39H24N6. The van der Waals surface area contributed by atoms with Crippen LogP contribution in [0.2, 0.25) is 0 Å². The lowest BCUT2D eigenvalue weighted by Crippen LogP contribution is -2.00. The van der Waals surface area contributed by atoms with Crippen LogP contribution < -0.4 is 0 Å². The Bertz CT molecular complexity index is 2300. The van der Waals surface area contributed by atoms with Crippen molar-refractivity contribution in [1.82, 2.24) is 24.5 Å². The van der Waals surface area contributed by atoms with Crippen molar-refractivity contribution in [3.8, 4) is 57.0 Å².